The molecule has 21 heavy (non-hydrogen) atoms. The fourth-order valence-corrected chi connectivity index (χ4v) is 3.15. The molecule has 116 valence electrons. The molecule has 1 heterocycles. The number of aliphatic hydroxyl groups excluding tert-OH is 1. The van der Waals surface area contributed by atoms with Crippen LogP contribution in [0.4, 0.5) is 0 Å². The molecule has 1 fully saturated rings. The number of nitrogens with one attached hydrogen (secondary N) is 1. The predicted molar refractivity (Wildman–Crippen MR) is 81.9 cm³/mol. The Kier molecular flexibility index (Phi) is 4.99. The van der Waals surface area contributed by atoms with E-state index in [1.807, 2.05) is 18.2 Å². The van der Waals surface area contributed by atoms with Gasteiger partial charge in [0.05, 0.1) is 6.10 Å². The average Bonchev–Trinajstić information content (AvgIpc) is 2.81. The highest BCUT2D eigenvalue weighted by atomic mass is 16.6. The van der Waals surface area contributed by atoms with E-state index in [0.29, 0.717) is 25.8 Å². The summed E-state index contributed by atoms with van der Waals surface area (Å²) in [4.78, 5) is 0. The zero-order valence-corrected chi connectivity index (χ0v) is 12.5. The first-order chi connectivity index (χ1) is 10.3. The Morgan fingerprint density at radius 2 is 1.76 bits per heavy atom. The summed E-state index contributed by atoms with van der Waals surface area (Å²) < 4.78 is 11.1. The number of benzene rings is 1. The van der Waals surface area contributed by atoms with Crippen molar-refractivity contribution >= 4 is 0 Å². The molecule has 1 atom stereocenters. The molecular weight excluding hydrogens is 266 g/mol. The fourth-order valence-electron chi connectivity index (χ4n) is 3.15. The second-order valence-corrected chi connectivity index (χ2v) is 6.02. The van der Waals surface area contributed by atoms with Crippen LogP contribution >= 0.6 is 0 Å². The van der Waals surface area contributed by atoms with Crippen molar-refractivity contribution in [3.63, 3.8) is 0 Å². The molecule has 1 aromatic rings. The molecule has 4 nitrogen and oxygen atoms in total. The highest BCUT2D eigenvalue weighted by molar-refractivity contribution is 5.44. The van der Waals surface area contributed by atoms with Gasteiger partial charge in [-0.2, -0.15) is 0 Å². The molecule has 1 aliphatic heterocycles. The standard InChI is InChI=1S/C17H25NO3/c19-15(12-18-14-5-3-1-2-4-6-14)13-7-8-16-17(11-13)21-10-9-20-16/h7-8,11,14-15,18-19H,1-6,9-10,12H2. The highest BCUT2D eigenvalue weighted by Gasteiger charge is 2.17. The smallest absolute Gasteiger partial charge is 0.161 e. The molecule has 1 aromatic carbocycles. The van der Waals surface area contributed by atoms with Gasteiger partial charge in [0.2, 0.25) is 0 Å². The molecule has 3 rings (SSSR count). The van der Waals surface area contributed by atoms with Gasteiger partial charge in [-0.25, -0.2) is 0 Å². The second kappa shape index (κ2) is 7.14. The number of aliphatic hydroxyl groups is 1. The number of hydrogen-bond acceptors (Lipinski definition) is 4. The van der Waals surface area contributed by atoms with Crippen LogP contribution in [0, 0.1) is 0 Å². The first-order valence-electron chi connectivity index (χ1n) is 8.14. The first-order valence-corrected chi connectivity index (χ1v) is 8.14. The van der Waals surface area contributed by atoms with E-state index in [4.69, 9.17) is 9.47 Å². The van der Waals surface area contributed by atoms with Crippen molar-refractivity contribution in [2.24, 2.45) is 0 Å². The predicted octanol–water partition coefficient (Wildman–Crippen LogP) is 2.80. The molecular formula is C17H25NO3. The average molecular weight is 291 g/mol. The summed E-state index contributed by atoms with van der Waals surface area (Å²) in [6.45, 7) is 1.77. The van der Waals surface area contributed by atoms with Crippen LogP contribution in [0.1, 0.15) is 50.2 Å². The van der Waals surface area contributed by atoms with E-state index in [2.05, 4.69) is 5.32 Å². The zero-order chi connectivity index (χ0) is 14.5. The number of rotatable bonds is 4. The van der Waals surface area contributed by atoms with Crippen LogP contribution in [0.25, 0.3) is 0 Å². The van der Waals surface area contributed by atoms with Crippen LogP contribution in [0.5, 0.6) is 11.5 Å². The van der Waals surface area contributed by atoms with Crippen LogP contribution in [-0.2, 0) is 0 Å². The monoisotopic (exact) mass is 291 g/mol. The van der Waals surface area contributed by atoms with Crippen molar-refractivity contribution < 1.29 is 14.6 Å². The molecule has 2 aliphatic rings. The van der Waals surface area contributed by atoms with Gasteiger partial charge < -0.3 is 19.9 Å². The second-order valence-electron chi connectivity index (χ2n) is 6.02. The summed E-state index contributed by atoms with van der Waals surface area (Å²) in [6.07, 6.45) is 7.27. The zero-order valence-electron chi connectivity index (χ0n) is 12.5. The summed E-state index contributed by atoms with van der Waals surface area (Å²) in [7, 11) is 0. The Morgan fingerprint density at radius 3 is 2.52 bits per heavy atom. The summed E-state index contributed by atoms with van der Waals surface area (Å²) in [5.74, 6) is 1.51. The minimum Gasteiger partial charge on any atom is -0.486 e. The lowest BCUT2D eigenvalue weighted by Gasteiger charge is -2.22. The number of ether oxygens (including phenoxy) is 2. The Hall–Kier alpha value is -1.26. The van der Waals surface area contributed by atoms with Crippen molar-refractivity contribution in [1.29, 1.82) is 0 Å². The van der Waals surface area contributed by atoms with Crippen molar-refractivity contribution in [2.45, 2.75) is 50.7 Å². The van der Waals surface area contributed by atoms with Gasteiger partial charge in [-0.15, -0.1) is 0 Å². The normalized spacial score (nSPS) is 20.8. The minimum atomic E-state index is -0.496. The van der Waals surface area contributed by atoms with Crippen molar-refractivity contribution in [1.82, 2.24) is 5.32 Å². The third-order valence-corrected chi connectivity index (χ3v) is 4.41. The topological polar surface area (TPSA) is 50.7 Å². The SMILES string of the molecule is OC(CNC1CCCCCC1)c1ccc2c(c1)OCCO2. The molecule has 0 aromatic heterocycles. The van der Waals surface area contributed by atoms with E-state index in [9.17, 15) is 5.11 Å². The minimum absolute atomic E-state index is 0.496. The van der Waals surface area contributed by atoms with Crippen LogP contribution < -0.4 is 14.8 Å². The molecule has 2 N–H and O–H groups in total. The van der Waals surface area contributed by atoms with E-state index in [-0.39, 0.29) is 0 Å². The number of hydrogen-bond donors (Lipinski definition) is 2. The van der Waals surface area contributed by atoms with Crippen LogP contribution in [-0.4, -0.2) is 30.9 Å². The molecule has 0 bridgehead atoms. The van der Waals surface area contributed by atoms with Gasteiger partial charge in [0.25, 0.3) is 0 Å². The van der Waals surface area contributed by atoms with Gasteiger partial charge in [-0.3, -0.25) is 0 Å². The van der Waals surface area contributed by atoms with E-state index in [0.717, 1.165) is 17.1 Å². The maximum atomic E-state index is 10.4. The lowest BCUT2D eigenvalue weighted by molar-refractivity contribution is 0.160. The molecule has 0 radical (unpaired) electrons. The van der Waals surface area contributed by atoms with E-state index < -0.39 is 6.10 Å². The molecule has 0 amide bonds. The summed E-state index contributed by atoms with van der Waals surface area (Å²) in [5.41, 5.74) is 0.889. The van der Waals surface area contributed by atoms with E-state index in [1.54, 1.807) is 0 Å². The number of fused-ring (bicyclic) bond motifs is 1. The van der Waals surface area contributed by atoms with Gasteiger partial charge in [0.15, 0.2) is 11.5 Å². The molecule has 4 heteroatoms. The van der Waals surface area contributed by atoms with Crippen molar-refractivity contribution in [3.8, 4) is 11.5 Å². The van der Waals surface area contributed by atoms with Crippen LogP contribution in [0.2, 0.25) is 0 Å². The molecule has 0 saturated heterocycles. The lowest BCUT2D eigenvalue weighted by Crippen LogP contribution is -2.32. The largest absolute Gasteiger partial charge is 0.486 e. The van der Waals surface area contributed by atoms with Crippen molar-refractivity contribution in [3.05, 3.63) is 23.8 Å². The van der Waals surface area contributed by atoms with Gasteiger partial charge in [-0.1, -0.05) is 31.7 Å². The maximum absolute atomic E-state index is 10.4. The summed E-state index contributed by atoms with van der Waals surface area (Å²) in [6, 6.07) is 6.26. The summed E-state index contributed by atoms with van der Waals surface area (Å²) in [5, 5.41) is 13.9. The maximum Gasteiger partial charge on any atom is 0.161 e. The Morgan fingerprint density at radius 1 is 1.05 bits per heavy atom. The lowest BCUT2D eigenvalue weighted by atomic mass is 10.1. The van der Waals surface area contributed by atoms with Crippen LogP contribution in [0.3, 0.4) is 0 Å². The molecule has 1 unspecified atom stereocenters. The third-order valence-electron chi connectivity index (χ3n) is 4.41. The van der Waals surface area contributed by atoms with E-state index in [1.165, 1.54) is 38.5 Å². The van der Waals surface area contributed by atoms with Gasteiger partial charge in [-0.05, 0) is 30.5 Å². The molecule has 1 aliphatic carbocycles. The third kappa shape index (κ3) is 3.89. The van der Waals surface area contributed by atoms with Gasteiger partial charge >= 0.3 is 0 Å². The van der Waals surface area contributed by atoms with Gasteiger partial charge in [0.1, 0.15) is 13.2 Å². The Bertz CT molecular complexity index is 455. The Balaban J connectivity index is 1.56. The molecule has 0 spiro atoms. The quantitative estimate of drug-likeness (QED) is 0.838. The summed E-state index contributed by atoms with van der Waals surface area (Å²) >= 11 is 0. The Labute approximate surface area is 126 Å². The fraction of sp³-hybridized carbons (Fsp3) is 0.647. The molecule has 1 saturated carbocycles. The van der Waals surface area contributed by atoms with Crippen molar-refractivity contribution in [2.75, 3.05) is 19.8 Å². The first kappa shape index (κ1) is 14.7. The van der Waals surface area contributed by atoms with E-state index >= 15 is 0 Å². The highest BCUT2D eigenvalue weighted by Crippen LogP contribution is 2.32. The van der Waals surface area contributed by atoms with Gasteiger partial charge in [0, 0.05) is 12.6 Å². The van der Waals surface area contributed by atoms with Crippen LogP contribution in [0.15, 0.2) is 18.2 Å².